The van der Waals surface area contributed by atoms with Gasteiger partial charge in [0.25, 0.3) is 0 Å². The Morgan fingerprint density at radius 1 is 1.00 bits per heavy atom. The summed E-state index contributed by atoms with van der Waals surface area (Å²) in [6.07, 6.45) is 0. The van der Waals surface area contributed by atoms with Crippen molar-refractivity contribution in [2.45, 2.75) is 20.4 Å². The van der Waals surface area contributed by atoms with Crippen molar-refractivity contribution < 1.29 is 4.39 Å². The summed E-state index contributed by atoms with van der Waals surface area (Å²) in [5.41, 5.74) is 9.34. The highest BCUT2D eigenvalue weighted by atomic mass is 19.1. The zero-order valence-corrected chi connectivity index (χ0v) is 15.4. The van der Waals surface area contributed by atoms with Crippen LogP contribution >= 0.6 is 0 Å². The van der Waals surface area contributed by atoms with Crippen LogP contribution in [0.25, 0.3) is 17.0 Å². The van der Waals surface area contributed by atoms with E-state index in [9.17, 15) is 4.39 Å². The Bertz CT molecular complexity index is 1030. The highest BCUT2D eigenvalue weighted by molar-refractivity contribution is 5.65. The average molecular weight is 363 g/mol. The van der Waals surface area contributed by atoms with E-state index in [2.05, 4.69) is 15.4 Å². The van der Waals surface area contributed by atoms with E-state index in [0.717, 1.165) is 5.69 Å². The van der Waals surface area contributed by atoms with Gasteiger partial charge in [-0.1, -0.05) is 56.3 Å². The second-order valence-electron chi connectivity index (χ2n) is 5.72. The third-order valence-electron chi connectivity index (χ3n) is 3.89. The number of nitrogens with zero attached hydrogens (tertiary/aromatic N) is 3. The lowest BCUT2D eigenvalue weighted by Gasteiger charge is -2.08. The van der Waals surface area contributed by atoms with Gasteiger partial charge in [0, 0.05) is 29.9 Å². The van der Waals surface area contributed by atoms with Crippen LogP contribution in [0.3, 0.4) is 0 Å². The third kappa shape index (κ3) is 4.23. The smallest absolute Gasteiger partial charge is 0.182 e. The van der Waals surface area contributed by atoms with E-state index < -0.39 is 0 Å². The molecule has 0 unspecified atom stereocenters. The summed E-state index contributed by atoms with van der Waals surface area (Å²) in [6.45, 7) is 4.68. The first-order chi connectivity index (χ1) is 13.2. The summed E-state index contributed by atoms with van der Waals surface area (Å²) < 4.78 is 15.0. The minimum atomic E-state index is -0.324. The molecule has 2 heterocycles. The van der Waals surface area contributed by atoms with Gasteiger partial charge in [0.05, 0.1) is 0 Å². The molecule has 0 spiro atoms. The molecule has 0 amide bonds. The average Bonchev–Trinajstić information content (AvgIpc) is 3.14. The molecule has 0 radical (unpaired) electrons. The maximum Gasteiger partial charge on any atom is 0.182 e. The number of halogens is 1. The molecule has 138 valence electrons. The highest BCUT2D eigenvalue weighted by Crippen LogP contribution is 2.22. The van der Waals surface area contributed by atoms with Gasteiger partial charge >= 0.3 is 0 Å². The fourth-order valence-corrected chi connectivity index (χ4v) is 2.66. The summed E-state index contributed by atoms with van der Waals surface area (Å²) in [5, 5.41) is 7.70. The van der Waals surface area contributed by atoms with Crippen LogP contribution in [0.4, 0.5) is 15.9 Å². The Labute approximate surface area is 157 Å². The fraction of sp³-hybridized carbons (Fsp3) is 0.143. The minimum absolute atomic E-state index is 0.324. The molecular weight excluding hydrogens is 341 g/mol. The van der Waals surface area contributed by atoms with Crippen LogP contribution in [0, 0.1) is 5.82 Å². The van der Waals surface area contributed by atoms with Crippen LogP contribution in [0.5, 0.6) is 0 Å². The summed E-state index contributed by atoms with van der Waals surface area (Å²) in [7, 11) is 0. The molecule has 5 nitrogen and oxygen atoms in total. The molecule has 0 aliphatic rings. The molecule has 0 atom stereocenters. The van der Waals surface area contributed by atoms with E-state index in [0.29, 0.717) is 29.4 Å². The molecule has 3 N–H and O–H groups in total. The number of hydrogen-bond donors (Lipinski definition) is 2. The third-order valence-corrected chi connectivity index (χ3v) is 3.89. The molecule has 0 aliphatic heterocycles. The molecule has 0 saturated carbocycles. The standard InChI is InChI=1S/C19H16FN5.C2H6/c20-15-8-4-7-14(9-15)19-23-18-11-16(10-17(21)25(18)24-19)22-12-13-5-2-1-3-6-13;1-2/h1-11,22H,12,21H2;1-2H3. The lowest BCUT2D eigenvalue weighted by atomic mass is 10.2. The van der Waals surface area contributed by atoms with Crippen LogP contribution in [-0.2, 0) is 6.54 Å². The first kappa shape index (κ1) is 18.4. The molecule has 2 aromatic carbocycles. The summed E-state index contributed by atoms with van der Waals surface area (Å²) >= 11 is 0. The summed E-state index contributed by atoms with van der Waals surface area (Å²) in [6, 6.07) is 19.9. The van der Waals surface area contributed by atoms with Crippen molar-refractivity contribution in [3.05, 3.63) is 78.1 Å². The van der Waals surface area contributed by atoms with Gasteiger partial charge < -0.3 is 11.1 Å². The van der Waals surface area contributed by atoms with Crippen molar-refractivity contribution in [2.75, 3.05) is 11.1 Å². The number of rotatable bonds is 4. The first-order valence-corrected chi connectivity index (χ1v) is 8.89. The Hall–Kier alpha value is -3.41. The molecule has 4 aromatic rings. The molecule has 6 heteroatoms. The van der Waals surface area contributed by atoms with Crippen molar-refractivity contribution in [1.82, 2.24) is 14.6 Å². The quantitative estimate of drug-likeness (QED) is 0.549. The van der Waals surface area contributed by atoms with Crippen LogP contribution in [0.1, 0.15) is 19.4 Å². The van der Waals surface area contributed by atoms with Gasteiger partial charge in [-0.3, -0.25) is 0 Å². The van der Waals surface area contributed by atoms with E-state index >= 15 is 0 Å². The number of anilines is 2. The predicted octanol–water partition coefficient (Wildman–Crippen LogP) is 4.76. The molecule has 0 aliphatic carbocycles. The van der Waals surface area contributed by atoms with Crippen LogP contribution in [0.15, 0.2) is 66.7 Å². The van der Waals surface area contributed by atoms with E-state index in [1.165, 1.54) is 17.7 Å². The molecule has 27 heavy (non-hydrogen) atoms. The van der Waals surface area contributed by atoms with Gasteiger partial charge in [-0.05, 0) is 17.7 Å². The predicted molar refractivity (Wildman–Crippen MR) is 108 cm³/mol. The normalized spacial score (nSPS) is 10.3. The Morgan fingerprint density at radius 3 is 2.52 bits per heavy atom. The Balaban J connectivity index is 0.00000102. The summed E-state index contributed by atoms with van der Waals surface area (Å²) in [5.74, 6) is 0.573. The first-order valence-electron chi connectivity index (χ1n) is 8.89. The second-order valence-corrected chi connectivity index (χ2v) is 5.72. The molecule has 4 rings (SSSR count). The Kier molecular flexibility index (Phi) is 5.66. The maximum absolute atomic E-state index is 13.4. The monoisotopic (exact) mass is 363 g/mol. The van der Waals surface area contributed by atoms with E-state index in [1.807, 2.05) is 50.2 Å². The van der Waals surface area contributed by atoms with Gasteiger partial charge in [0.1, 0.15) is 11.6 Å². The number of nitrogen functional groups attached to an aromatic ring is 1. The number of benzene rings is 2. The van der Waals surface area contributed by atoms with Gasteiger partial charge in [-0.2, -0.15) is 4.52 Å². The lowest BCUT2D eigenvalue weighted by molar-refractivity contribution is 0.628. The van der Waals surface area contributed by atoms with E-state index in [4.69, 9.17) is 5.73 Å². The highest BCUT2D eigenvalue weighted by Gasteiger charge is 2.10. The zero-order valence-electron chi connectivity index (χ0n) is 15.4. The molecule has 2 aromatic heterocycles. The number of nitrogens with two attached hydrogens (primary N) is 1. The Morgan fingerprint density at radius 2 is 1.78 bits per heavy atom. The maximum atomic E-state index is 13.4. The number of fused-ring (bicyclic) bond motifs is 1. The van der Waals surface area contributed by atoms with Gasteiger partial charge in [0.2, 0.25) is 0 Å². The molecular formula is C21H22FN5. The van der Waals surface area contributed by atoms with Crippen LogP contribution < -0.4 is 11.1 Å². The number of nitrogens with one attached hydrogen (secondary N) is 1. The fourth-order valence-electron chi connectivity index (χ4n) is 2.66. The second kappa shape index (κ2) is 8.31. The van der Waals surface area contributed by atoms with Gasteiger partial charge in [-0.25, -0.2) is 9.37 Å². The van der Waals surface area contributed by atoms with Crippen molar-refractivity contribution in [3.8, 4) is 11.4 Å². The molecule has 0 saturated heterocycles. The minimum Gasteiger partial charge on any atom is -0.384 e. The summed E-state index contributed by atoms with van der Waals surface area (Å²) in [4.78, 5) is 4.47. The van der Waals surface area contributed by atoms with Crippen LogP contribution in [-0.4, -0.2) is 14.6 Å². The number of aromatic nitrogens is 3. The largest absolute Gasteiger partial charge is 0.384 e. The van der Waals surface area contributed by atoms with Crippen LogP contribution in [0.2, 0.25) is 0 Å². The zero-order chi connectivity index (χ0) is 19.2. The van der Waals surface area contributed by atoms with E-state index in [1.54, 1.807) is 22.7 Å². The van der Waals surface area contributed by atoms with Crippen molar-refractivity contribution in [1.29, 1.82) is 0 Å². The topological polar surface area (TPSA) is 68.2 Å². The molecule has 0 bridgehead atoms. The van der Waals surface area contributed by atoms with Crippen molar-refractivity contribution in [3.63, 3.8) is 0 Å². The van der Waals surface area contributed by atoms with Crippen molar-refractivity contribution >= 4 is 17.2 Å². The van der Waals surface area contributed by atoms with Gasteiger partial charge in [-0.15, -0.1) is 5.10 Å². The SMILES string of the molecule is CC.Nc1cc(NCc2ccccc2)cc2nc(-c3cccc(F)c3)nn12. The number of hydrogen-bond acceptors (Lipinski definition) is 4. The van der Waals surface area contributed by atoms with E-state index in [-0.39, 0.29) is 5.82 Å². The molecule has 0 fully saturated rings. The number of pyridine rings is 1. The van der Waals surface area contributed by atoms with Crippen molar-refractivity contribution in [2.24, 2.45) is 0 Å². The lowest BCUT2D eigenvalue weighted by Crippen LogP contribution is -2.03. The van der Waals surface area contributed by atoms with Gasteiger partial charge in [0.15, 0.2) is 11.5 Å².